The molecule has 1 aliphatic heterocycles. The number of nitrogens with one attached hydrogen (secondary N) is 1. The summed E-state index contributed by atoms with van der Waals surface area (Å²) in [4.78, 5) is 18.3. The van der Waals surface area contributed by atoms with Crippen LogP contribution in [0.15, 0.2) is 126 Å². The Morgan fingerprint density at radius 3 is 2.18 bits per heavy atom. The summed E-state index contributed by atoms with van der Waals surface area (Å²) in [6, 6.07) is 36.5. The van der Waals surface area contributed by atoms with Gasteiger partial charge in [-0.15, -0.1) is 0 Å². The molecular weight excluding hydrogens is 594 g/mol. The molecule has 0 saturated carbocycles. The van der Waals surface area contributed by atoms with E-state index in [1.54, 1.807) is 42.3 Å². The Hall–Kier alpha value is -4.79. The first-order chi connectivity index (χ1) is 21.2. The molecule has 1 N–H and O–H groups in total. The molecule has 44 heavy (non-hydrogen) atoms. The zero-order valence-electron chi connectivity index (χ0n) is 24.1. The molecule has 0 aromatic heterocycles. The second-order valence-corrected chi connectivity index (χ2v) is 12.7. The third-order valence-corrected chi connectivity index (χ3v) is 9.23. The van der Waals surface area contributed by atoms with E-state index in [9.17, 15) is 13.2 Å². The van der Waals surface area contributed by atoms with E-state index in [1.165, 1.54) is 12.1 Å². The third kappa shape index (κ3) is 5.86. The minimum absolute atomic E-state index is 0.0196. The number of amides is 1. The lowest BCUT2D eigenvalue weighted by Gasteiger charge is -2.46. The number of carbonyl (C=O) groups excluding carboxylic acids is 1. The molecule has 0 fully saturated rings. The summed E-state index contributed by atoms with van der Waals surface area (Å²) in [5.41, 5.74) is 4.94. The number of hydrogen-bond acceptors (Lipinski definition) is 5. The summed E-state index contributed by atoms with van der Waals surface area (Å²) in [5, 5.41) is 0.590. The molecule has 9 heteroatoms. The molecule has 0 radical (unpaired) electrons. The van der Waals surface area contributed by atoms with Crippen LogP contribution in [0.5, 0.6) is 5.75 Å². The van der Waals surface area contributed by atoms with Crippen LogP contribution in [0.1, 0.15) is 33.2 Å². The van der Waals surface area contributed by atoms with E-state index in [4.69, 9.17) is 16.3 Å². The maximum Gasteiger partial charge on any atom is 0.262 e. The maximum absolute atomic E-state index is 14.5. The Kier molecular flexibility index (Phi) is 8.03. The minimum atomic E-state index is -4.02. The van der Waals surface area contributed by atoms with Gasteiger partial charge in [0, 0.05) is 22.9 Å². The first kappa shape index (κ1) is 29.3. The number of rotatable bonds is 8. The lowest BCUT2D eigenvalue weighted by molar-refractivity contribution is 0.0968. The van der Waals surface area contributed by atoms with Crippen LogP contribution in [-0.4, -0.2) is 21.4 Å². The topological polar surface area (TPSA) is 78.9 Å². The molecule has 222 valence electrons. The monoisotopic (exact) mass is 623 g/mol. The molecule has 6 rings (SSSR count). The molecular formula is C35H30ClN3O4S. The molecule has 1 aliphatic rings. The summed E-state index contributed by atoms with van der Waals surface area (Å²) in [5.74, 6) is 0.298. The van der Waals surface area contributed by atoms with Crippen LogP contribution in [0.25, 0.3) is 0 Å². The number of hydrogen-bond donors (Lipinski definition) is 1. The zero-order chi connectivity index (χ0) is 30.8. The number of nitrogens with zero attached hydrogens (tertiary/aromatic N) is 2. The van der Waals surface area contributed by atoms with Gasteiger partial charge in [0.25, 0.3) is 15.9 Å². The van der Waals surface area contributed by atoms with Crippen molar-refractivity contribution in [3.63, 3.8) is 0 Å². The number of sulfonamides is 1. The number of halogens is 1. The molecule has 0 bridgehead atoms. The van der Waals surface area contributed by atoms with Gasteiger partial charge in [-0.3, -0.25) is 14.4 Å². The Balaban J connectivity index is 1.50. The number of anilines is 3. The molecule has 5 aromatic carbocycles. The molecule has 1 amide bonds. The molecule has 1 atom stereocenters. The van der Waals surface area contributed by atoms with E-state index in [1.807, 2.05) is 85.8 Å². The first-order valence-corrected chi connectivity index (χ1v) is 15.9. The highest BCUT2D eigenvalue weighted by molar-refractivity contribution is 7.92. The summed E-state index contributed by atoms with van der Waals surface area (Å²) in [6.45, 7) is 2.45. The highest BCUT2D eigenvalue weighted by Crippen LogP contribution is 2.43. The SMILES string of the molecule is COc1ccc(NS(=O)(=O)c2ccc3c(c2)C(=O)N(c2ccc(C)cc2)[C@@H](c2ccc(Cl)cc2)N3Cc2ccccc2)cc1. The average Bonchev–Trinajstić information content (AvgIpc) is 3.04. The Morgan fingerprint density at radius 2 is 1.52 bits per heavy atom. The maximum atomic E-state index is 14.5. The lowest BCUT2D eigenvalue weighted by atomic mass is 9.99. The lowest BCUT2D eigenvalue weighted by Crippen LogP contribution is -2.49. The smallest absolute Gasteiger partial charge is 0.262 e. The van der Waals surface area contributed by atoms with E-state index in [0.717, 1.165) is 16.7 Å². The van der Waals surface area contributed by atoms with Crippen molar-refractivity contribution in [2.45, 2.75) is 24.5 Å². The van der Waals surface area contributed by atoms with Gasteiger partial charge in [-0.25, -0.2) is 8.42 Å². The van der Waals surface area contributed by atoms with Gasteiger partial charge in [0.15, 0.2) is 0 Å². The largest absolute Gasteiger partial charge is 0.497 e. The molecule has 0 saturated heterocycles. The van der Waals surface area contributed by atoms with Crippen molar-refractivity contribution in [2.75, 3.05) is 21.6 Å². The van der Waals surface area contributed by atoms with Crippen molar-refractivity contribution in [2.24, 2.45) is 0 Å². The normalized spacial score (nSPS) is 14.7. The van der Waals surface area contributed by atoms with Crippen LogP contribution in [0.4, 0.5) is 17.1 Å². The van der Waals surface area contributed by atoms with Crippen LogP contribution < -0.4 is 19.3 Å². The zero-order valence-corrected chi connectivity index (χ0v) is 25.7. The van der Waals surface area contributed by atoms with Gasteiger partial charge >= 0.3 is 0 Å². The van der Waals surface area contributed by atoms with Crippen LogP contribution in [-0.2, 0) is 16.6 Å². The van der Waals surface area contributed by atoms with Crippen molar-refractivity contribution in [3.05, 3.63) is 149 Å². The quantitative estimate of drug-likeness (QED) is 0.191. The van der Waals surface area contributed by atoms with Gasteiger partial charge in [-0.2, -0.15) is 0 Å². The van der Waals surface area contributed by atoms with Gasteiger partial charge in [0.05, 0.1) is 23.3 Å². The minimum Gasteiger partial charge on any atom is -0.497 e. The molecule has 1 heterocycles. The van der Waals surface area contributed by atoms with Gasteiger partial charge in [-0.1, -0.05) is 71.8 Å². The standard InChI is InChI=1S/C35H30ClN3O4S/c1-24-8-16-29(17-9-24)39-34(26-10-12-27(36)13-11-26)38(23-25-6-4-3-5-7-25)33-21-20-31(22-32(33)35(39)40)44(41,42)37-28-14-18-30(43-2)19-15-28/h3-22,34,37H,23H2,1-2H3/t34-/m0/s1. The van der Waals surface area contributed by atoms with Crippen molar-refractivity contribution in [1.29, 1.82) is 0 Å². The van der Waals surface area contributed by atoms with Gasteiger partial charge in [0.2, 0.25) is 0 Å². The summed E-state index contributed by atoms with van der Waals surface area (Å²) in [7, 11) is -2.48. The van der Waals surface area contributed by atoms with Crippen LogP contribution in [0, 0.1) is 6.92 Å². The Morgan fingerprint density at radius 1 is 0.841 bits per heavy atom. The number of carbonyl (C=O) groups is 1. The summed E-state index contributed by atoms with van der Waals surface area (Å²) < 4.78 is 34.9. The molecule has 0 spiro atoms. The van der Waals surface area contributed by atoms with Crippen molar-refractivity contribution < 1.29 is 17.9 Å². The molecule has 7 nitrogen and oxygen atoms in total. The van der Waals surface area contributed by atoms with E-state index in [-0.39, 0.29) is 16.4 Å². The fourth-order valence-corrected chi connectivity index (χ4v) is 6.58. The number of aryl methyl sites for hydroxylation is 1. The van der Waals surface area contributed by atoms with Gasteiger partial charge in [0.1, 0.15) is 11.9 Å². The first-order valence-electron chi connectivity index (χ1n) is 14.0. The number of ether oxygens (including phenoxy) is 1. The number of methoxy groups -OCH3 is 1. The summed E-state index contributed by atoms with van der Waals surface area (Å²) in [6.07, 6.45) is -0.532. The second kappa shape index (κ2) is 12.1. The van der Waals surface area contributed by atoms with Crippen molar-refractivity contribution in [1.82, 2.24) is 0 Å². The fraction of sp³-hybridized carbons (Fsp3) is 0.114. The van der Waals surface area contributed by atoms with Crippen molar-refractivity contribution in [3.8, 4) is 5.75 Å². The van der Waals surface area contributed by atoms with Gasteiger partial charge < -0.3 is 9.64 Å². The van der Waals surface area contributed by atoms with Crippen LogP contribution >= 0.6 is 11.6 Å². The molecule has 0 aliphatic carbocycles. The van der Waals surface area contributed by atoms with Crippen molar-refractivity contribution >= 4 is 44.6 Å². The molecule has 0 unspecified atom stereocenters. The van der Waals surface area contributed by atoms with Gasteiger partial charge in [-0.05, 0) is 84.8 Å². The van der Waals surface area contributed by atoms with E-state index in [0.29, 0.717) is 34.4 Å². The highest BCUT2D eigenvalue weighted by atomic mass is 35.5. The van der Waals surface area contributed by atoms with E-state index in [2.05, 4.69) is 9.62 Å². The van der Waals surface area contributed by atoms with Crippen LogP contribution in [0.3, 0.4) is 0 Å². The van der Waals surface area contributed by atoms with Crippen LogP contribution in [0.2, 0.25) is 5.02 Å². The predicted octanol–water partition coefficient (Wildman–Crippen LogP) is 7.82. The average molecular weight is 624 g/mol. The summed E-state index contributed by atoms with van der Waals surface area (Å²) >= 11 is 6.27. The predicted molar refractivity (Wildman–Crippen MR) is 175 cm³/mol. The fourth-order valence-electron chi connectivity index (χ4n) is 5.37. The van der Waals surface area contributed by atoms with E-state index < -0.39 is 16.2 Å². The van der Waals surface area contributed by atoms with E-state index >= 15 is 0 Å². The highest BCUT2D eigenvalue weighted by Gasteiger charge is 2.40. The molecule has 5 aromatic rings. The number of benzene rings is 5. The third-order valence-electron chi connectivity index (χ3n) is 7.60. The Labute approximate surface area is 262 Å². The Bertz CT molecular complexity index is 1900. The second-order valence-electron chi connectivity index (χ2n) is 10.6. The number of fused-ring (bicyclic) bond motifs is 1.